The Bertz CT molecular complexity index is 256. The lowest BCUT2D eigenvalue weighted by molar-refractivity contribution is -0.139. The third-order valence-electron chi connectivity index (χ3n) is 2.82. The quantitative estimate of drug-likeness (QED) is 0.664. The molecule has 92 valence electrons. The lowest BCUT2D eigenvalue weighted by Gasteiger charge is -2.18. The molecule has 0 aromatic heterocycles. The molecule has 0 aromatic rings. The van der Waals surface area contributed by atoms with E-state index >= 15 is 0 Å². The van der Waals surface area contributed by atoms with Gasteiger partial charge < -0.3 is 15.3 Å². The summed E-state index contributed by atoms with van der Waals surface area (Å²) in [5.41, 5.74) is 0. The summed E-state index contributed by atoms with van der Waals surface area (Å²) in [7, 11) is 0. The van der Waals surface area contributed by atoms with Gasteiger partial charge in [0.15, 0.2) is 0 Å². The fourth-order valence-electron chi connectivity index (χ4n) is 1.92. The number of carbonyl (C=O) groups is 2. The van der Waals surface area contributed by atoms with Gasteiger partial charge in [0.25, 0.3) is 0 Å². The third-order valence-corrected chi connectivity index (χ3v) is 2.82. The molecule has 1 amide bonds. The zero-order valence-corrected chi connectivity index (χ0v) is 9.74. The maximum absolute atomic E-state index is 11.3. The average Bonchev–Trinajstić information content (AvgIpc) is 2.63. The van der Waals surface area contributed by atoms with E-state index in [-0.39, 0.29) is 5.91 Å². The van der Waals surface area contributed by atoms with E-state index in [1.54, 1.807) is 4.90 Å². The van der Waals surface area contributed by atoms with Crippen LogP contribution >= 0.6 is 0 Å². The third kappa shape index (κ3) is 3.81. The van der Waals surface area contributed by atoms with Gasteiger partial charge in [-0.05, 0) is 12.8 Å². The molecular formula is C11H20N2O3. The molecule has 1 aliphatic rings. The minimum atomic E-state index is -0.811. The van der Waals surface area contributed by atoms with Crippen molar-refractivity contribution in [3.05, 3.63) is 0 Å². The summed E-state index contributed by atoms with van der Waals surface area (Å²) in [5.74, 6) is -0.626. The molecule has 2 N–H and O–H groups in total. The number of carboxylic acid groups (broad SMARTS) is 1. The Kier molecular flexibility index (Phi) is 5.25. The monoisotopic (exact) mass is 228 g/mol. The number of carbonyl (C=O) groups excluding carboxylic acids is 1. The summed E-state index contributed by atoms with van der Waals surface area (Å²) in [6.45, 7) is 3.95. The van der Waals surface area contributed by atoms with Crippen LogP contribution in [0.2, 0.25) is 0 Å². The minimum absolute atomic E-state index is 0.184. The molecule has 0 aromatic carbocycles. The molecule has 0 aliphatic carbocycles. The number of hydrogen-bond acceptors (Lipinski definition) is 3. The van der Waals surface area contributed by atoms with Crippen molar-refractivity contribution >= 4 is 11.9 Å². The molecule has 0 spiro atoms. The fraction of sp³-hybridized carbons (Fsp3) is 0.818. The number of nitrogens with zero attached hydrogens (tertiary/aromatic N) is 1. The van der Waals surface area contributed by atoms with Gasteiger partial charge in [0.05, 0.1) is 0 Å². The first-order chi connectivity index (χ1) is 7.65. The molecule has 16 heavy (non-hydrogen) atoms. The number of rotatable bonds is 7. The Balaban J connectivity index is 2.22. The molecule has 1 atom stereocenters. The maximum Gasteiger partial charge on any atom is 0.320 e. The second-order valence-electron chi connectivity index (χ2n) is 4.12. The number of likely N-dealkylation sites (tertiary alicyclic amines) is 1. The van der Waals surface area contributed by atoms with E-state index in [1.165, 1.54) is 0 Å². The molecular weight excluding hydrogens is 208 g/mol. The molecule has 0 bridgehead atoms. The molecule has 1 rings (SSSR count). The van der Waals surface area contributed by atoms with E-state index < -0.39 is 12.0 Å². The first-order valence-corrected chi connectivity index (χ1v) is 5.89. The van der Waals surface area contributed by atoms with Gasteiger partial charge in [-0.3, -0.25) is 9.59 Å². The molecule has 1 saturated heterocycles. The molecule has 0 radical (unpaired) electrons. The predicted molar refractivity (Wildman–Crippen MR) is 60.1 cm³/mol. The van der Waals surface area contributed by atoms with Crippen molar-refractivity contribution in [2.75, 3.05) is 19.6 Å². The summed E-state index contributed by atoms with van der Waals surface area (Å²) in [4.78, 5) is 23.9. The van der Waals surface area contributed by atoms with Gasteiger partial charge in [-0.15, -0.1) is 0 Å². The van der Waals surface area contributed by atoms with Crippen molar-refractivity contribution in [2.24, 2.45) is 0 Å². The van der Waals surface area contributed by atoms with E-state index in [4.69, 9.17) is 5.11 Å². The summed E-state index contributed by atoms with van der Waals surface area (Å²) in [6.07, 6.45) is 3.03. The number of amides is 1. The summed E-state index contributed by atoms with van der Waals surface area (Å²) >= 11 is 0. The highest BCUT2D eigenvalue weighted by molar-refractivity contribution is 5.78. The topological polar surface area (TPSA) is 69.6 Å². The highest BCUT2D eigenvalue weighted by atomic mass is 16.4. The van der Waals surface area contributed by atoms with Crippen molar-refractivity contribution in [3.8, 4) is 0 Å². The Labute approximate surface area is 95.8 Å². The number of carboxylic acids is 1. The molecule has 0 saturated carbocycles. The number of nitrogens with one attached hydrogen (secondary N) is 1. The average molecular weight is 228 g/mol. The van der Waals surface area contributed by atoms with E-state index in [2.05, 4.69) is 5.32 Å². The molecule has 1 fully saturated rings. The van der Waals surface area contributed by atoms with Crippen molar-refractivity contribution in [1.29, 1.82) is 0 Å². The largest absolute Gasteiger partial charge is 0.480 e. The van der Waals surface area contributed by atoms with Crippen LogP contribution in [0.25, 0.3) is 0 Å². The van der Waals surface area contributed by atoms with Crippen LogP contribution in [0.1, 0.15) is 32.6 Å². The fourth-order valence-corrected chi connectivity index (χ4v) is 1.92. The van der Waals surface area contributed by atoms with E-state index in [9.17, 15) is 9.59 Å². The van der Waals surface area contributed by atoms with E-state index in [1.807, 2.05) is 6.92 Å². The van der Waals surface area contributed by atoms with Gasteiger partial charge in [-0.2, -0.15) is 0 Å². The second kappa shape index (κ2) is 6.48. The summed E-state index contributed by atoms with van der Waals surface area (Å²) in [5, 5.41) is 11.9. The Morgan fingerprint density at radius 1 is 1.62 bits per heavy atom. The standard InChI is InChI=1S/C11H20N2O3/c1-2-4-9(11(15)16)12-6-8-13-7-3-5-10(13)14/h9,12H,2-8H2,1H3,(H,15,16). The molecule has 1 heterocycles. The van der Waals surface area contributed by atoms with Crippen LogP contribution in [0, 0.1) is 0 Å². The summed E-state index contributed by atoms with van der Waals surface area (Å²) < 4.78 is 0. The van der Waals surface area contributed by atoms with Gasteiger partial charge in [-0.1, -0.05) is 13.3 Å². The van der Waals surface area contributed by atoms with Crippen molar-refractivity contribution in [1.82, 2.24) is 10.2 Å². The molecule has 1 unspecified atom stereocenters. The Morgan fingerprint density at radius 3 is 2.88 bits per heavy atom. The van der Waals surface area contributed by atoms with Crippen LogP contribution in [-0.2, 0) is 9.59 Å². The zero-order chi connectivity index (χ0) is 12.0. The van der Waals surface area contributed by atoms with Crippen molar-refractivity contribution in [3.63, 3.8) is 0 Å². The van der Waals surface area contributed by atoms with Crippen LogP contribution in [-0.4, -0.2) is 47.6 Å². The van der Waals surface area contributed by atoms with Crippen LogP contribution in [0.4, 0.5) is 0 Å². The van der Waals surface area contributed by atoms with Crippen LogP contribution in [0.15, 0.2) is 0 Å². The molecule has 5 heteroatoms. The number of aliphatic carboxylic acids is 1. The van der Waals surface area contributed by atoms with Gasteiger partial charge in [0.1, 0.15) is 6.04 Å². The first-order valence-electron chi connectivity index (χ1n) is 5.89. The predicted octanol–water partition coefficient (Wildman–Crippen LogP) is 0.452. The second-order valence-corrected chi connectivity index (χ2v) is 4.12. The lowest BCUT2D eigenvalue weighted by atomic mass is 10.2. The van der Waals surface area contributed by atoms with Crippen LogP contribution < -0.4 is 5.32 Å². The smallest absolute Gasteiger partial charge is 0.320 e. The SMILES string of the molecule is CCCC(NCCN1CCCC1=O)C(=O)O. The highest BCUT2D eigenvalue weighted by Gasteiger charge is 2.20. The maximum atomic E-state index is 11.3. The lowest BCUT2D eigenvalue weighted by Crippen LogP contribution is -2.41. The van der Waals surface area contributed by atoms with Crippen molar-refractivity contribution in [2.45, 2.75) is 38.6 Å². The summed E-state index contributed by atoms with van der Waals surface area (Å²) in [6, 6.07) is -0.484. The molecule has 5 nitrogen and oxygen atoms in total. The normalized spacial score (nSPS) is 17.8. The van der Waals surface area contributed by atoms with Gasteiger partial charge in [0, 0.05) is 26.1 Å². The van der Waals surface area contributed by atoms with E-state index in [0.717, 1.165) is 19.4 Å². The molecule has 1 aliphatic heterocycles. The first kappa shape index (κ1) is 13.0. The van der Waals surface area contributed by atoms with Crippen LogP contribution in [0.5, 0.6) is 0 Å². The van der Waals surface area contributed by atoms with Gasteiger partial charge in [0.2, 0.25) is 5.91 Å². The highest BCUT2D eigenvalue weighted by Crippen LogP contribution is 2.08. The minimum Gasteiger partial charge on any atom is -0.480 e. The van der Waals surface area contributed by atoms with E-state index in [0.29, 0.717) is 25.9 Å². The van der Waals surface area contributed by atoms with Gasteiger partial charge in [-0.25, -0.2) is 0 Å². The van der Waals surface area contributed by atoms with Crippen LogP contribution in [0.3, 0.4) is 0 Å². The Hall–Kier alpha value is -1.10. The Morgan fingerprint density at radius 2 is 2.38 bits per heavy atom. The number of hydrogen-bond donors (Lipinski definition) is 2. The van der Waals surface area contributed by atoms with Crippen molar-refractivity contribution < 1.29 is 14.7 Å². The van der Waals surface area contributed by atoms with Gasteiger partial charge >= 0.3 is 5.97 Å². The zero-order valence-electron chi connectivity index (χ0n) is 9.74.